The van der Waals surface area contributed by atoms with Crippen LogP contribution in [0.25, 0.3) is 0 Å². The van der Waals surface area contributed by atoms with E-state index in [2.05, 4.69) is 16.0 Å². The van der Waals surface area contributed by atoms with Gasteiger partial charge in [-0.15, -0.1) is 0 Å². The third kappa shape index (κ3) is 4.16. The van der Waals surface area contributed by atoms with Gasteiger partial charge >= 0.3 is 0 Å². The Balaban J connectivity index is 1.59. The van der Waals surface area contributed by atoms with Crippen LogP contribution in [0.4, 0.5) is 5.69 Å². The molecule has 0 aliphatic carbocycles. The molecule has 0 saturated carbocycles. The molecule has 1 unspecified atom stereocenters. The summed E-state index contributed by atoms with van der Waals surface area (Å²) in [6.07, 6.45) is 6.29. The highest BCUT2D eigenvalue weighted by Crippen LogP contribution is 2.31. The van der Waals surface area contributed by atoms with E-state index in [1.165, 1.54) is 0 Å². The Kier molecular flexibility index (Phi) is 5.30. The van der Waals surface area contributed by atoms with Gasteiger partial charge in [0.05, 0.1) is 17.6 Å². The summed E-state index contributed by atoms with van der Waals surface area (Å²) in [5, 5.41) is 8.89. The molecule has 0 spiro atoms. The summed E-state index contributed by atoms with van der Waals surface area (Å²) < 4.78 is 0. The predicted molar refractivity (Wildman–Crippen MR) is 96.9 cm³/mol. The van der Waals surface area contributed by atoms with Gasteiger partial charge in [-0.25, -0.2) is 0 Å². The minimum absolute atomic E-state index is 0.264. The molecule has 3 rings (SSSR count). The predicted octanol–water partition coefficient (Wildman–Crippen LogP) is 2.83. The van der Waals surface area contributed by atoms with Gasteiger partial charge in [-0.2, -0.15) is 5.26 Å². The number of primary amides is 1. The molecule has 5 nitrogen and oxygen atoms in total. The van der Waals surface area contributed by atoms with Crippen LogP contribution in [0.5, 0.6) is 0 Å². The third-order valence-electron chi connectivity index (χ3n) is 4.98. The molecule has 1 aliphatic heterocycles. The number of benzene rings is 1. The first kappa shape index (κ1) is 17.0. The number of aromatic nitrogens is 1. The molecule has 25 heavy (non-hydrogen) atoms. The molecule has 2 aromatic rings. The number of nitriles is 1. The van der Waals surface area contributed by atoms with E-state index in [9.17, 15) is 4.79 Å². The number of piperidine rings is 1. The fourth-order valence-corrected chi connectivity index (χ4v) is 3.51. The van der Waals surface area contributed by atoms with Crippen LogP contribution in [0.1, 0.15) is 36.3 Å². The van der Waals surface area contributed by atoms with Crippen LogP contribution in [-0.4, -0.2) is 24.0 Å². The zero-order chi connectivity index (χ0) is 17.6. The molecule has 1 saturated heterocycles. The highest BCUT2D eigenvalue weighted by molar-refractivity contribution is 5.81. The van der Waals surface area contributed by atoms with Gasteiger partial charge in [-0.05, 0) is 61.1 Å². The number of pyridine rings is 1. The van der Waals surface area contributed by atoms with Crippen molar-refractivity contribution in [2.75, 3.05) is 18.0 Å². The molecule has 1 aromatic heterocycles. The summed E-state index contributed by atoms with van der Waals surface area (Å²) >= 11 is 0. The largest absolute Gasteiger partial charge is 0.372 e. The summed E-state index contributed by atoms with van der Waals surface area (Å²) in [5.41, 5.74) is 8.36. The first-order valence-electron chi connectivity index (χ1n) is 8.61. The van der Waals surface area contributed by atoms with E-state index in [1.54, 1.807) is 12.4 Å². The molecular formula is C20H22N4O. The van der Waals surface area contributed by atoms with Crippen LogP contribution >= 0.6 is 0 Å². The monoisotopic (exact) mass is 334 g/mol. The molecule has 1 aliphatic rings. The average molecular weight is 334 g/mol. The minimum Gasteiger partial charge on any atom is -0.372 e. The van der Waals surface area contributed by atoms with Crippen molar-refractivity contribution in [3.05, 3.63) is 59.9 Å². The lowest BCUT2D eigenvalue weighted by Crippen LogP contribution is -2.35. The summed E-state index contributed by atoms with van der Waals surface area (Å²) in [4.78, 5) is 18.3. The van der Waals surface area contributed by atoms with Crippen LogP contribution < -0.4 is 10.6 Å². The topological polar surface area (TPSA) is 83.0 Å². The molecule has 1 fully saturated rings. The van der Waals surface area contributed by atoms with Crippen molar-refractivity contribution in [3.63, 3.8) is 0 Å². The number of anilines is 1. The fraction of sp³-hybridized carbons (Fsp3) is 0.350. The second-order valence-electron chi connectivity index (χ2n) is 6.57. The number of nitrogens with two attached hydrogens (primary N) is 1. The number of carbonyl (C=O) groups is 1. The second kappa shape index (κ2) is 7.80. The number of amides is 1. The van der Waals surface area contributed by atoms with Gasteiger partial charge in [-0.3, -0.25) is 9.78 Å². The van der Waals surface area contributed by atoms with Crippen LogP contribution in [-0.2, 0) is 4.79 Å². The number of rotatable bonds is 5. The molecule has 1 atom stereocenters. The van der Waals surface area contributed by atoms with Crippen molar-refractivity contribution in [3.8, 4) is 6.07 Å². The quantitative estimate of drug-likeness (QED) is 0.911. The SMILES string of the molecule is N#Cc1ccc(N2CCC(CC(C(N)=O)c3cccnc3)CC2)cc1. The average Bonchev–Trinajstić information content (AvgIpc) is 2.67. The molecule has 1 amide bonds. The summed E-state index contributed by atoms with van der Waals surface area (Å²) in [6.45, 7) is 1.91. The number of hydrogen-bond donors (Lipinski definition) is 1. The zero-order valence-electron chi connectivity index (χ0n) is 14.1. The molecule has 128 valence electrons. The maximum Gasteiger partial charge on any atom is 0.225 e. The van der Waals surface area contributed by atoms with Gasteiger partial charge in [0.2, 0.25) is 5.91 Å². The van der Waals surface area contributed by atoms with Crippen LogP contribution in [0.2, 0.25) is 0 Å². The Morgan fingerprint density at radius 3 is 2.56 bits per heavy atom. The lowest BCUT2D eigenvalue weighted by atomic mass is 9.84. The Hall–Kier alpha value is -2.87. The Bertz CT molecular complexity index is 744. The summed E-state index contributed by atoms with van der Waals surface area (Å²) in [5.74, 6) is -0.0602. The van der Waals surface area contributed by atoms with Gasteiger partial charge in [0.25, 0.3) is 0 Å². The van der Waals surface area contributed by atoms with E-state index in [1.807, 2.05) is 36.4 Å². The standard InChI is InChI=1S/C20H22N4O/c21-13-16-3-5-18(6-4-16)24-10-7-15(8-11-24)12-19(20(22)25)17-2-1-9-23-14-17/h1-6,9,14-15,19H,7-8,10-12H2,(H2,22,25). The lowest BCUT2D eigenvalue weighted by Gasteiger charge is -2.34. The fourth-order valence-electron chi connectivity index (χ4n) is 3.51. The molecule has 1 aromatic carbocycles. The van der Waals surface area contributed by atoms with Crippen LogP contribution in [0, 0.1) is 17.2 Å². The number of nitrogens with zero attached hydrogens (tertiary/aromatic N) is 3. The van der Waals surface area contributed by atoms with Gasteiger partial charge < -0.3 is 10.6 Å². The molecular weight excluding hydrogens is 312 g/mol. The van der Waals surface area contributed by atoms with E-state index in [0.717, 1.165) is 43.6 Å². The summed E-state index contributed by atoms with van der Waals surface area (Å²) in [6, 6.07) is 13.6. The van der Waals surface area contributed by atoms with Crippen molar-refractivity contribution < 1.29 is 4.79 Å². The maximum atomic E-state index is 11.9. The highest BCUT2D eigenvalue weighted by Gasteiger charge is 2.26. The van der Waals surface area contributed by atoms with Crippen molar-refractivity contribution in [2.24, 2.45) is 11.7 Å². The Morgan fingerprint density at radius 2 is 2.00 bits per heavy atom. The molecule has 2 heterocycles. The van der Waals surface area contributed by atoms with Crippen LogP contribution in [0.3, 0.4) is 0 Å². The second-order valence-corrected chi connectivity index (χ2v) is 6.57. The first-order valence-corrected chi connectivity index (χ1v) is 8.61. The molecule has 0 bridgehead atoms. The molecule has 0 radical (unpaired) electrons. The maximum absolute atomic E-state index is 11.9. The summed E-state index contributed by atoms with van der Waals surface area (Å²) in [7, 11) is 0. The van der Waals surface area contributed by atoms with Crippen molar-refractivity contribution in [2.45, 2.75) is 25.2 Å². The smallest absolute Gasteiger partial charge is 0.225 e. The molecule has 5 heteroatoms. The van der Waals surface area contributed by atoms with Crippen molar-refractivity contribution in [1.82, 2.24) is 4.98 Å². The van der Waals surface area contributed by atoms with E-state index in [0.29, 0.717) is 11.5 Å². The highest BCUT2D eigenvalue weighted by atomic mass is 16.1. The third-order valence-corrected chi connectivity index (χ3v) is 4.98. The molecule has 2 N–H and O–H groups in total. The van der Waals surface area contributed by atoms with E-state index >= 15 is 0 Å². The Morgan fingerprint density at radius 1 is 1.28 bits per heavy atom. The van der Waals surface area contributed by atoms with Crippen molar-refractivity contribution in [1.29, 1.82) is 5.26 Å². The van der Waals surface area contributed by atoms with E-state index < -0.39 is 0 Å². The van der Waals surface area contributed by atoms with Gasteiger partial charge in [0.1, 0.15) is 0 Å². The van der Waals surface area contributed by atoms with Gasteiger partial charge in [-0.1, -0.05) is 6.07 Å². The van der Waals surface area contributed by atoms with Gasteiger partial charge in [0, 0.05) is 31.2 Å². The van der Waals surface area contributed by atoms with E-state index in [-0.39, 0.29) is 11.8 Å². The normalized spacial score (nSPS) is 16.2. The Labute approximate surface area is 148 Å². The van der Waals surface area contributed by atoms with Crippen LogP contribution in [0.15, 0.2) is 48.8 Å². The zero-order valence-corrected chi connectivity index (χ0v) is 14.1. The van der Waals surface area contributed by atoms with Gasteiger partial charge in [0.15, 0.2) is 0 Å². The van der Waals surface area contributed by atoms with E-state index in [4.69, 9.17) is 11.0 Å². The first-order chi connectivity index (χ1) is 12.2. The number of hydrogen-bond acceptors (Lipinski definition) is 4. The minimum atomic E-state index is -0.275. The lowest BCUT2D eigenvalue weighted by molar-refractivity contribution is -0.119. The number of carbonyl (C=O) groups excluding carboxylic acids is 1. The van der Waals surface area contributed by atoms with Crippen molar-refractivity contribution >= 4 is 11.6 Å².